The van der Waals surface area contributed by atoms with Crippen molar-refractivity contribution in [1.29, 1.82) is 5.26 Å². The van der Waals surface area contributed by atoms with E-state index in [0.29, 0.717) is 40.5 Å². The number of aromatic carboxylic acids is 1. The largest absolute Gasteiger partial charge is 0.496 e. The smallest absolute Gasteiger partial charge is 0.335 e. The molecular formula is C20H19F2N3O3S. The Balaban J connectivity index is 1.90. The highest BCUT2D eigenvalue weighted by Gasteiger charge is 2.35. The summed E-state index contributed by atoms with van der Waals surface area (Å²) < 4.78 is 36.1. The summed E-state index contributed by atoms with van der Waals surface area (Å²) in [6, 6.07) is 11.3. The van der Waals surface area contributed by atoms with E-state index in [1.54, 1.807) is 29.2 Å². The summed E-state index contributed by atoms with van der Waals surface area (Å²) in [7, 11) is 1.47. The third-order valence-corrected chi connectivity index (χ3v) is 5.40. The van der Waals surface area contributed by atoms with E-state index in [9.17, 15) is 23.9 Å². The number of nitriles is 1. The van der Waals surface area contributed by atoms with Crippen LogP contribution in [0, 0.1) is 11.3 Å². The summed E-state index contributed by atoms with van der Waals surface area (Å²) >= 11 is 1.09. The zero-order chi connectivity index (χ0) is 21.0. The third kappa shape index (κ3) is 4.90. The van der Waals surface area contributed by atoms with Crippen LogP contribution < -0.4 is 14.4 Å². The van der Waals surface area contributed by atoms with Crippen LogP contribution in [0.2, 0.25) is 0 Å². The molecule has 0 amide bonds. The van der Waals surface area contributed by atoms with Gasteiger partial charge in [-0.15, -0.1) is 0 Å². The maximum absolute atomic E-state index is 13.9. The summed E-state index contributed by atoms with van der Waals surface area (Å²) in [4.78, 5) is 13.4. The Kier molecular flexibility index (Phi) is 6.13. The number of nitrogens with zero attached hydrogens (tertiary/aromatic N) is 2. The van der Waals surface area contributed by atoms with Crippen molar-refractivity contribution in [3.63, 3.8) is 0 Å². The van der Waals surface area contributed by atoms with Gasteiger partial charge in [0.25, 0.3) is 5.92 Å². The molecule has 2 aromatic carbocycles. The second-order valence-corrected chi connectivity index (χ2v) is 7.45. The van der Waals surface area contributed by atoms with Crippen LogP contribution in [0.1, 0.15) is 28.8 Å². The molecule has 0 aromatic heterocycles. The second kappa shape index (κ2) is 8.57. The van der Waals surface area contributed by atoms with Crippen LogP contribution >= 0.6 is 11.9 Å². The second-order valence-electron chi connectivity index (χ2n) is 6.60. The normalized spacial score (nSPS) is 15.4. The van der Waals surface area contributed by atoms with E-state index >= 15 is 0 Å². The average molecular weight is 419 g/mol. The Morgan fingerprint density at radius 1 is 1.34 bits per heavy atom. The van der Waals surface area contributed by atoms with Gasteiger partial charge >= 0.3 is 5.97 Å². The first-order chi connectivity index (χ1) is 13.8. The molecule has 2 N–H and O–H groups in total. The Morgan fingerprint density at radius 3 is 2.79 bits per heavy atom. The lowest BCUT2D eigenvalue weighted by Crippen LogP contribution is -2.42. The van der Waals surface area contributed by atoms with Crippen LogP contribution in [0.15, 0.2) is 41.3 Å². The van der Waals surface area contributed by atoms with E-state index in [-0.39, 0.29) is 12.0 Å². The molecule has 0 radical (unpaired) electrons. The molecule has 0 spiro atoms. The zero-order valence-corrected chi connectivity index (χ0v) is 16.4. The molecule has 9 heteroatoms. The summed E-state index contributed by atoms with van der Waals surface area (Å²) in [5.41, 5.74) is 1.53. The monoisotopic (exact) mass is 419 g/mol. The minimum Gasteiger partial charge on any atom is -0.496 e. The number of ether oxygens (including phenoxy) is 1. The predicted molar refractivity (Wildman–Crippen MR) is 107 cm³/mol. The lowest BCUT2D eigenvalue weighted by atomic mass is 10.1. The molecule has 2 aromatic rings. The Labute approximate surface area is 171 Å². The summed E-state index contributed by atoms with van der Waals surface area (Å²) in [5, 5.41) is 18.4. The molecular weight excluding hydrogens is 400 g/mol. The summed E-state index contributed by atoms with van der Waals surface area (Å²) in [6.45, 7) is 0.0920. The van der Waals surface area contributed by atoms with Crippen molar-refractivity contribution in [2.75, 3.05) is 29.8 Å². The van der Waals surface area contributed by atoms with Crippen molar-refractivity contribution >= 4 is 29.3 Å². The first-order valence-corrected chi connectivity index (χ1v) is 9.66. The molecule has 0 bridgehead atoms. The highest BCUT2D eigenvalue weighted by molar-refractivity contribution is 8.00. The number of hydrogen-bond donors (Lipinski definition) is 2. The zero-order valence-electron chi connectivity index (χ0n) is 15.6. The lowest BCUT2D eigenvalue weighted by molar-refractivity contribution is -0.0116. The van der Waals surface area contributed by atoms with E-state index in [0.717, 1.165) is 11.9 Å². The van der Waals surface area contributed by atoms with Crippen molar-refractivity contribution in [2.45, 2.75) is 23.7 Å². The van der Waals surface area contributed by atoms with Gasteiger partial charge in [-0.2, -0.15) is 5.26 Å². The third-order valence-electron chi connectivity index (χ3n) is 4.54. The minimum absolute atomic E-state index is 0.0942. The van der Waals surface area contributed by atoms with Crippen LogP contribution in [-0.2, 0) is 0 Å². The van der Waals surface area contributed by atoms with Gasteiger partial charge in [-0.05, 0) is 54.8 Å². The molecule has 152 valence electrons. The molecule has 0 aliphatic carbocycles. The molecule has 3 rings (SSSR count). The van der Waals surface area contributed by atoms with Gasteiger partial charge in [0.2, 0.25) is 0 Å². The minimum atomic E-state index is -2.77. The first-order valence-electron chi connectivity index (χ1n) is 8.84. The van der Waals surface area contributed by atoms with Crippen molar-refractivity contribution in [3.8, 4) is 11.8 Å². The number of carboxylic acids is 1. The van der Waals surface area contributed by atoms with Gasteiger partial charge in [0, 0.05) is 13.0 Å². The Bertz CT molecular complexity index is 962. The van der Waals surface area contributed by atoms with Crippen molar-refractivity contribution in [1.82, 2.24) is 0 Å². The van der Waals surface area contributed by atoms with Crippen LogP contribution in [0.3, 0.4) is 0 Å². The fraction of sp³-hybridized carbons (Fsp3) is 0.300. The number of benzene rings is 2. The van der Waals surface area contributed by atoms with Gasteiger partial charge in [-0.1, -0.05) is 0 Å². The van der Waals surface area contributed by atoms with Gasteiger partial charge in [0.15, 0.2) is 0 Å². The average Bonchev–Trinajstić information content (AvgIpc) is 2.70. The van der Waals surface area contributed by atoms with Gasteiger partial charge in [0.1, 0.15) is 5.75 Å². The lowest BCUT2D eigenvalue weighted by Gasteiger charge is -2.35. The maximum atomic E-state index is 13.9. The van der Waals surface area contributed by atoms with Gasteiger partial charge < -0.3 is 19.5 Å². The molecule has 29 heavy (non-hydrogen) atoms. The van der Waals surface area contributed by atoms with Crippen molar-refractivity contribution in [3.05, 3.63) is 47.5 Å². The van der Waals surface area contributed by atoms with E-state index in [1.165, 1.54) is 19.2 Å². The number of anilines is 2. The number of rotatable bonds is 6. The molecule has 1 heterocycles. The topological polar surface area (TPSA) is 85.6 Å². The number of halogens is 2. The standard InChI is InChI=1S/C20H19F2N3O3S/c1-28-17-6-4-14(19(26)27)10-18(17)29-24-15-9-13(11-23)3-5-16(15)25-8-2-7-20(21,22)12-25/h3-6,9-10,24H,2,7-8,12H2,1H3,(H,26,27). The fourth-order valence-corrected chi connectivity index (χ4v) is 3.96. The van der Waals surface area contributed by atoms with E-state index in [4.69, 9.17) is 4.74 Å². The molecule has 1 aliphatic rings. The summed E-state index contributed by atoms with van der Waals surface area (Å²) in [6.07, 6.45) is 0.227. The fourth-order valence-electron chi connectivity index (χ4n) is 3.13. The molecule has 0 saturated carbocycles. The van der Waals surface area contributed by atoms with Gasteiger partial charge in [-0.25, -0.2) is 13.6 Å². The first kappa shape index (κ1) is 20.7. The molecule has 1 saturated heterocycles. The molecule has 6 nitrogen and oxygen atoms in total. The number of alkyl halides is 2. The number of carboxylic acid groups (broad SMARTS) is 1. The molecule has 1 aliphatic heterocycles. The number of piperidine rings is 1. The highest BCUT2D eigenvalue weighted by atomic mass is 32.2. The number of hydrogen-bond acceptors (Lipinski definition) is 6. The Hall–Kier alpha value is -2.99. The van der Waals surface area contributed by atoms with E-state index < -0.39 is 18.4 Å². The number of methoxy groups -OCH3 is 1. The Morgan fingerprint density at radius 2 is 2.14 bits per heavy atom. The van der Waals surface area contributed by atoms with E-state index in [1.807, 2.05) is 6.07 Å². The quantitative estimate of drug-likeness (QED) is 0.661. The summed E-state index contributed by atoms with van der Waals surface area (Å²) in [5.74, 6) is -3.37. The van der Waals surface area contributed by atoms with Crippen LogP contribution in [0.4, 0.5) is 20.2 Å². The predicted octanol–water partition coefficient (Wildman–Crippen LogP) is 4.62. The molecule has 0 atom stereocenters. The SMILES string of the molecule is COc1ccc(C(=O)O)cc1SNc1cc(C#N)ccc1N1CCCC(F)(F)C1. The van der Waals surface area contributed by atoms with Crippen molar-refractivity contribution in [2.24, 2.45) is 0 Å². The number of nitrogens with one attached hydrogen (secondary N) is 1. The van der Waals surface area contributed by atoms with Gasteiger partial charge in [0.05, 0.1) is 47.1 Å². The number of carbonyl (C=O) groups is 1. The van der Waals surface area contributed by atoms with Gasteiger partial charge in [-0.3, -0.25) is 0 Å². The molecule has 1 fully saturated rings. The molecule has 0 unspecified atom stereocenters. The maximum Gasteiger partial charge on any atom is 0.335 e. The van der Waals surface area contributed by atoms with Crippen LogP contribution in [0.25, 0.3) is 0 Å². The highest BCUT2D eigenvalue weighted by Crippen LogP contribution is 2.38. The van der Waals surface area contributed by atoms with E-state index in [2.05, 4.69) is 4.72 Å². The van der Waals surface area contributed by atoms with Crippen LogP contribution in [-0.4, -0.2) is 37.2 Å². The van der Waals surface area contributed by atoms with Crippen molar-refractivity contribution < 1.29 is 23.4 Å². The van der Waals surface area contributed by atoms with Crippen LogP contribution in [0.5, 0.6) is 5.75 Å².